The number of methoxy groups -OCH3 is 1. The van der Waals surface area contributed by atoms with Crippen LogP contribution in [-0.4, -0.2) is 54.5 Å². The molecular weight excluding hydrogens is 262 g/mol. The summed E-state index contributed by atoms with van der Waals surface area (Å²) in [7, 11) is 2.91. The van der Waals surface area contributed by atoms with Gasteiger partial charge in [-0.25, -0.2) is 0 Å². The van der Waals surface area contributed by atoms with Gasteiger partial charge in [0, 0.05) is 35.4 Å². The largest absolute Gasteiger partial charge is 0.497 e. The average Bonchev–Trinajstić information content (AvgIpc) is 2.38. The Labute approximate surface area is 118 Å². The first-order valence-corrected chi connectivity index (χ1v) is 8.02. The number of hydrogen-bond donors (Lipinski definition) is 0. The highest BCUT2D eigenvalue weighted by Gasteiger charge is 2.10. The van der Waals surface area contributed by atoms with E-state index >= 15 is 0 Å². The van der Waals surface area contributed by atoms with E-state index in [1.807, 2.05) is 31.3 Å². The van der Waals surface area contributed by atoms with Crippen LogP contribution in [0.3, 0.4) is 0 Å². The van der Waals surface area contributed by atoms with E-state index in [2.05, 4.69) is 11.8 Å². The van der Waals surface area contributed by atoms with Gasteiger partial charge in [-0.05, 0) is 38.2 Å². The van der Waals surface area contributed by atoms with Gasteiger partial charge in [-0.3, -0.25) is 9.11 Å². The predicted molar refractivity (Wildman–Crippen MR) is 79.5 cm³/mol. The smallest absolute Gasteiger partial charge is 0.119 e. The van der Waals surface area contributed by atoms with E-state index in [1.165, 1.54) is 0 Å². The van der Waals surface area contributed by atoms with Crippen molar-refractivity contribution in [2.45, 2.75) is 13.0 Å². The maximum atomic E-state index is 11.2. The molecule has 0 spiro atoms. The van der Waals surface area contributed by atoms with Crippen LogP contribution in [0.1, 0.15) is 6.92 Å². The molecule has 0 aromatic heterocycles. The normalized spacial score (nSPS) is 14.2. The molecule has 0 bridgehead atoms. The molecule has 0 amide bonds. The third-order valence-corrected chi connectivity index (χ3v) is 3.95. The zero-order valence-corrected chi connectivity index (χ0v) is 12.9. The molecule has 19 heavy (non-hydrogen) atoms. The number of likely N-dealkylation sites (N-methyl/N-ethyl adjacent to an activating group) is 1. The van der Waals surface area contributed by atoms with E-state index in [9.17, 15) is 4.21 Å². The van der Waals surface area contributed by atoms with Gasteiger partial charge in [0.2, 0.25) is 0 Å². The minimum Gasteiger partial charge on any atom is -0.497 e. The van der Waals surface area contributed by atoms with Crippen molar-refractivity contribution in [3.8, 4) is 11.5 Å². The quantitative estimate of drug-likeness (QED) is 0.730. The summed E-state index contributed by atoms with van der Waals surface area (Å²) in [5.41, 5.74) is 0. The molecule has 5 heteroatoms. The van der Waals surface area contributed by atoms with Gasteiger partial charge in [0.05, 0.1) is 7.11 Å². The van der Waals surface area contributed by atoms with Crippen molar-refractivity contribution in [3.05, 3.63) is 24.3 Å². The second kappa shape index (κ2) is 8.17. The highest BCUT2D eigenvalue weighted by Crippen LogP contribution is 2.16. The van der Waals surface area contributed by atoms with E-state index in [0.29, 0.717) is 18.4 Å². The van der Waals surface area contributed by atoms with Gasteiger partial charge in [0.25, 0.3) is 0 Å². The first-order chi connectivity index (χ1) is 9.02. The molecule has 0 N–H and O–H groups in total. The van der Waals surface area contributed by atoms with Gasteiger partial charge in [-0.1, -0.05) is 0 Å². The van der Waals surface area contributed by atoms with E-state index in [-0.39, 0.29) is 0 Å². The van der Waals surface area contributed by atoms with Crippen LogP contribution in [0.25, 0.3) is 0 Å². The summed E-state index contributed by atoms with van der Waals surface area (Å²) in [5.74, 6) is 2.35. The van der Waals surface area contributed by atoms with Gasteiger partial charge in [-0.2, -0.15) is 0 Å². The van der Waals surface area contributed by atoms with Gasteiger partial charge in [0.15, 0.2) is 0 Å². The molecule has 0 saturated heterocycles. The molecule has 0 radical (unpaired) electrons. The van der Waals surface area contributed by atoms with E-state index in [4.69, 9.17) is 9.47 Å². The summed E-state index contributed by atoms with van der Waals surface area (Å²) in [6.07, 6.45) is 1.73. The van der Waals surface area contributed by atoms with Crippen molar-refractivity contribution in [1.29, 1.82) is 0 Å². The second-order valence-corrected chi connectivity index (χ2v) is 6.07. The van der Waals surface area contributed by atoms with Crippen LogP contribution in [0, 0.1) is 0 Å². The van der Waals surface area contributed by atoms with Gasteiger partial charge >= 0.3 is 0 Å². The molecule has 0 aliphatic heterocycles. The minimum atomic E-state index is -0.758. The maximum absolute atomic E-state index is 11.2. The van der Waals surface area contributed by atoms with Crippen LogP contribution in [0.15, 0.2) is 24.3 Å². The third kappa shape index (κ3) is 6.07. The molecule has 1 rings (SSSR count). The van der Waals surface area contributed by atoms with Crippen LogP contribution in [0.2, 0.25) is 0 Å². The lowest BCUT2D eigenvalue weighted by atomic mass is 10.3. The van der Waals surface area contributed by atoms with Crippen LogP contribution in [0.5, 0.6) is 11.5 Å². The summed E-state index contributed by atoms with van der Waals surface area (Å²) >= 11 is 0. The number of nitrogens with zero attached hydrogens (tertiary/aromatic N) is 1. The van der Waals surface area contributed by atoms with Crippen molar-refractivity contribution in [1.82, 2.24) is 4.90 Å². The topological polar surface area (TPSA) is 38.8 Å². The molecule has 1 aromatic carbocycles. The summed E-state index contributed by atoms with van der Waals surface area (Å²) in [6.45, 7) is 3.50. The van der Waals surface area contributed by atoms with Crippen molar-refractivity contribution in [2.24, 2.45) is 0 Å². The second-order valence-electron chi connectivity index (χ2n) is 4.59. The Hall–Kier alpha value is -1.07. The van der Waals surface area contributed by atoms with Crippen molar-refractivity contribution in [2.75, 3.05) is 39.3 Å². The van der Waals surface area contributed by atoms with Crippen molar-refractivity contribution >= 4 is 10.8 Å². The van der Waals surface area contributed by atoms with Crippen LogP contribution < -0.4 is 9.47 Å². The first-order valence-electron chi connectivity index (χ1n) is 6.30. The fourth-order valence-corrected chi connectivity index (χ4v) is 2.60. The number of benzene rings is 1. The summed E-state index contributed by atoms with van der Waals surface area (Å²) in [5, 5.41) is 0. The maximum Gasteiger partial charge on any atom is 0.119 e. The lowest BCUT2D eigenvalue weighted by molar-refractivity contribution is 0.210. The van der Waals surface area contributed by atoms with E-state index in [0.717, 1.165) is 18.0 Å². The lowest BCUT2D eigenvalue weighted by Gasteiger charge is -2.23. The Kier molecular flexibility index (Phi) is 6.87. The SMILES string of the molecule is COc1ccc(OCCN(C)[C@H](C)C[S@@](C)=O)cc1. The molecular formula is C14H23NO3S. The Morgan fingerprint density at radius 1 is 1.26 bits per heavy atom. The summed E-state index contributed by atoms with van der Waals surface area (Å²) in [4.78, 5) is 2.16. The van der Waals surface area contributed by atoms with E-state index in [1.54, 1.807) is 13.4 Å². The molecule has 0 aliphatic rings. The average molecular weight is 285 g/mol. The van der Waals surface area contributed by atoms with Gasteiger partial charge < -0.3 is 9.47 Å². The zero-order chi connectivity index (χ0) is 14.3. The summed E-state index contributed by atoms with van der Waals surface area (Å²) < 4.78 is 21.9. The monoisotopic (exact) mass is 285 g/mol. The van der Waals surface area contributed by atoms with Crippen molar-refractivity contribution in [3.63, 3.8) is 0 Å². The fourth-order valence-electron chi connectivity index (χ4n) is 1.67. The fraction of sp³-hybridized carbons (Fsp3) is 0.571. The van der Waals surface area contributed by atoms with Crippen molar-refractivity contribution < 1.29 is 13.7 Å². The predicted octanol–water partition coefficient (Wildman–Crippen LogP) is 1.77. The molecule has 0 heterocycles. The number of ether oxygens (including phenoxy) is 2. The Balaban J connectivity index is 2.30. The van der Waals surface area contributed by atoms with Crippen LogP contribution >= 0.6 is 0 Å². The third-order valence-electron chi connectivity index (χ3n) is 3.00. The highest BCUT2D eigenvalue weighted by atomic mass is 32.2. The Morgan fingerprint density at radius 2 is 1.84 bits per heavy atom. The molecule has 0 fully saturated rings. The standard InChI is InChI=1S/C14H23NO3S/c1-12(11-19(4)16)15(2)9-10-18-14-7-5-13(17-3)6-8-14/h5-8,12H,9-11H2,1-4H3/t12-,19-/m1/s1. The first kappa shape index (κ1) is 16.0. The minimum absolute atomic E-state index is 0.297. The highest BCUT2D eigenvalue weighted by molar-refractivity contribution is 7.84. The molecule has 2 atom stereocenters. The molecule has 4 nitrogen and oxygen atoms in total. The molecule has 0 unspecified atom stereocenters. The summed E-state index contributed by atoms with van der Waals surface area (Å²) in [6, 6.07) is 7.83. The van der Waals surface area contributed by atoms with Crippen LogP contribution in [-0.2, 0) is 10.8 Å². The van der Waals surface area contributed by atoms with E-state index < -0.39 is 10.8 Å². The Morgan fingerprint density at radius 3 is 2.37 bits per heavy atom. The molecule has 0 saturated carbocycles. The lowest BCUT2D eigenvalue weighted by Crippen LogP contribution is -2.36. The van der Waals surface area contributed by atoms with Gasteiger partial charge in [-0.15, -0.1) is 0 Å². The number of hydrogen-bond acceptors (Lipinski definition) is 4. The molecule has 1 aromatic rings. The number of rotatable bonds is 8. The zero-order valence-electron chi connectivity index (χ0n) is 12.1. The molecule has 108 valence electrons. The Bertz CT molecular complexity index is 394. The molecule has 0 aliphatic carbocycles. The van der Waals surface area contributed by atoms with Gasteiger partial charge in [0.1, 0.15) is 18.1 Å². The van der Waals surface area contributed by atoms with Crippen LogP contribution in [0.4, 0.5) is 0 Å².